The van der Waals surface area contributed by atoms with Gasteiger partial charge in [-0.25, -0.2) is 4.98 Å². The molecule has 0 saturated heterocycles. The molecule has 1 atom stereocenters. The summed E-state index contributed by atoms with van der Waals surface area (Å²) in [5.41, 5.74) is 1.22. The van der Waals surface area contributed by atoms with Gasteiger partial charge >= 0.3 is 0 Å². The topological polar surface area (TPSA) is 47.3 Å². The lowest BCUT2D eigenvalue weighted by Gasteiger charge is -2.13. The van der Waals surface area contributed by atoms with Crippen LogP contribution in [0, 0.1) is 0 Å². The number of oxazole rings is 1. The number of ether oxygens (including phenoxy) is 1. The predicted octanol–water partition coefficient (Wildman–Crippen LogP) is 2.92. The van der Waals surface area contributed by atoms with E-state index in [1.165, 1.54) is 12.0 Å². The minimum Gasteiger partial charge on any atom is -0.494 e. The van der Waals surface area contributed by atoms with Crippen molar-refractivity contribution in [3.05, 3.63) is 48.2 Å². The van der Waals surface area contributed by atoms with Crippen molar-refractivity contribution in [2.45, 2.75) is 26.4 Å². The number of aromatic nitrogens is 1. The van der Waals surface area contributed by atoms with Crippen molar-refractivity contribution in [1.82, 2.24) is 10.3 Å². The summed E-state index contributed by atoms with van der Waals surface area (Å²) in [4.78, 5) is 3.88. The van der Waals surface area contributed by atoms with Gasteiger partial charge < -0.3 is 14.5 Å². The van der Waals surface area contributed by atoms with E-state index >= 15 is 0 Å². The molecule has 1 unspecified atom stereocenters. The Morgan fingerprint density at radius 2 is 2.11 bits per heavy atom. The van der Waals surface area contributed by atoms with Crippen molar-refractivity contribution in [3.63, 3.8) is 0 Å². The monoisotopic (exact) mass is 246 g/mol. The lowest BCUT2D eigenvalue weighted by atomic mass is 10.1. The smallest absolute Gasteiger partial charge is 0.180 e. The average Bonchev–Trinajstić information content (AvgIpc) is 2.90. The fourth-order valence-corrected chi connectivity index (χ4v) is 1.72. The van der Waals surface area contributed by atoms with Crippen LogP contribution in [-0.4, -0.2) is 11.6 Å². The van der Waals surface area contributed by atoms with Crippen molar-refractivity contribution in [3.8, 4) is 5.75 Å². The highest BCUT2D eigenvalue weighted by molar-refractivity contribution is 5.28. The normalized spacial score (nSPS) is 12.3. The molecule has 1 heterocycles. The van der Waals surface area contributed by atoms with E-state index in [1.54, 1.807) is 6.20 Å². The van der Waals surface area contributed by atoms with Crippen LogP contribution in [-0.2, 0) is 6.54 Å². The molecule has 0 aliphatic carbocycles. The zero-order chi connectivity index (χ0) is 12.8. The van der Waals surface area contributed by atoms with Crippen molar-refractivity contribution in [1.29, 1.82) is 0 Å². The molecule has 0 spiro atoms. The third-order valence-corrected chi connectivity index (χ3v) is 2.76. The highest BCUT2D eigenvalue weighted by Gasteiger charge is 2.06. The van der Waals surface area contributed by atoms with Crippen LogP contribution < -0.4 is 10.1 Å². The molecule has 0 amide bonds. The van der Waals surface area contributed by atoms with Gasteiger partial charge in [-0.1, -0.05) is 12.1 Å². The summed E-state index contributed by atoms with van der Waals surface area (Å²) >= 11 is 0. The lowest BCUT2D eigenvalue weighted by molar-refractivity contribution is 0.340. The molecule has 1 N–H and O–H groups in total. The lowest BCUT2D eigenvalue weighted by Crippen LogP contribution is -2.17. The molecule has 1 aromatic carbocycles. The Labute approximate surface area is 107 Å². The number of nitrogens with one attached hydrogen (secondary N) is 1. The van der Waals surface area contributed by atoms with Gasteiger partial charge in [0, 0.05) is 6.04 Å². The fraction of sp³-hybridized carbons (Fsp3) is 0.357. The first-order valence-corrected chi connectivity index (χ1v) is 6.13. The van der Waals surface area contributed by atoms with Gasteiger partial charge in [-0.3, -0.25) is 0 Å². The Morgan fingerprint density at radius 1 is 1.33 bits per heavy atom. The van der Waals surface area contributed by atoms with Crippen molar-refractivity contribution >= 4 is 0 Å². The Bertz CT molecular complexity index is 451. The third kappa shape index (κ3) is 3.34. The molecule has 4 nitrogen and oxygen atoms in total. The van der Waals surface area contributed by atoms with Crippen LogP contribution in [0.1, 0.15) is 31.2 Å². The minimum atomic E-state index is 0.255. The minimum absolute atomic E-state index is 0.255. The predicted molar refractivity (Wildman–Crippen MR) is 69.4 cm³/mol. The first-order valence-electron chi connectivity index (χ1n) is 6.13. The third-order valence-electron chi connectivity index (χ3n) is 2.76. The Kier molecular flexibility index (Phi) is 4.36. The molecule has 96 valence electrons. The van der Waals surface area contributed by atoms with Gasteiger partial charge in [0.1, 0.15) is 11.5 Å². The van der Waals surface area contributed by atoms with E-state index in [4.69, 9.17) is 9.15 Å². The summed E-state index contributed by atoms with van der Waals surface area (Å²) in [6, 6.07) is 8.38. The number of rotatable bonds is 6. The van der Waals surface area contributed by atoms with Gasteiger partial charge in [0.2, 0.25) is 0 Å². The van der Waals surface area contributed by atoms with E-state index in [0.717, 1.165) is 11.5 Å². The zero-order valence-electron chi connectivity index (χ0n) is 10.7. The maximum Gasteiger partial charge on any atom is 0.180 e. The number of benzene rings is 1. The molecule has 2 aromatic rings. The molecule has 0 aliphatic heterocycles. The summed E-state index contributed by atoms with van der Waals surface area (Å²) in [6.07, 6.45) is 3.16. The highest BCUT2D eigenvalue weighted by Crippen LogP contribution is 2.17. The molecule has 0 bridgehead atoms. The first kappa shape index (κ1) is 12.6. The van der Waals surface area contributed by atoms with Crippen LogP contribution in [0.25, 0.3) is 0 Å². The van der Waals surface area contributed by atoms with Crippen LogP contribution in [0.3, 0.4) is 0 Å². The zero-order valence-corrected chi connectivity index (χ0v) is 10.7. The first-order chi connectivity index (χ1) is 8.79. The second-order valence-electron chi connectivity index (χ2n) is 4.07. The fourth-order valence-electron chi connectivity index (χ4n) is 1.72. The number of hydrogen-bond acceptors (Lipinski definition) is 4. The Balaban J connectivity index is 1.89. The van der Waals surface area contributed by atoms with E-state index in [2.05, 4.69) is 29.4 Å². The van der Waals surface area contributed by atoms with Gasteiger partial charge in [0.25, 0.3) is 0 Å². The molecule has 1 aromatic heterocycles. The summed E-state index contributed by atoms with van der Waals surface area (Å²) in [5, 5.41) is 3.38. The number of nitrogens with zero attached hydrogens (tertiary/aromatic N) is 1. The molecular formula is C14H18N2O2. The van der Waals surface area contributed by atoms with Crippen molar-refractivity contribution in [2.24, 2.45) is 0 Å². The maximum atomic E-state index is 5.42. The molecule has 2 rings (SSSR count). The van der Waals surface area contributed by atoms with E-state index < -0.39 is 0 Å². The van der Waals surface area contributed by atoms with Crippen molar-refractivity contribution < 1.29 is 9.15 Å². The molecule has 0 saturated carbocycles. The summed E-state index contributed by atoms with van der Waals surface area (Å²) in [7, 11) is 0. The molecule has 18 heavy (non-hydrogen) atoms. The van der Waals surface area contributed by atoms with Crippen LogP contribution in [0.4, 0.5) is 0 Å². The van der Waals surface area contributed by atoms with E-state index in [-0.39, 0.29) is 6.04 Å². The largest absolute Gasteiger partial charge is 0.494 e. The second-order valence-corrected chi connectivity index (χ2v) is 4.07. The van der Waals surface area contributed by atoms with Gasteiger partial charge in [0.15, 0.2) is 6.39 Å². The molecular weight excluding hydrogens is 228 g/mol. The van der Waals surface area contributed by atoms with Crippen LogP contribution in [0.15, 0.2) is 41.3 Å². The molecule has 0 radical (unpaired) electrons. The van der Waals surface area contributed by atoms with E-state index in [9.17, 15) is 0 Å². The molecule has 0 aliphatic rings. The van der Waals surface area contributed by atoms with Crippen LogP contribution >= 0.6 is 0 Å². The number of hydrogen-bond donors (Lipinski definition) is 1. The Morgan fingerprint density at radius 3 is 2.72 bits per heavy atom. The van der Waals surface area contributed by atoms with Gasteiger partial charge in [-0.05, 0) is 31.5 Å². The summed E-state index contributed by atoms with van der Waals surface area (Å²) in [6.45, 7) is 5.47. The van der Waals surface area contributed by atoms with Crippen LogP contribution in [0.2, 0.25) is 0 Å². The van der Waals surface area contributed by atoms with E-state index in [0.29, 0.717) is 13.2 Å². The van der Waals surface area contributed by atoms with E-state index in [1.807, 2.05) is 19.1 Å². The molecule has 4 heteroatoms. The highest BCUT2D eigenvalue weighted by atomic mass is 16.5. The van der Waals surface area contributed by atoms with Crippen molar-refractivity contribution in [2.75, 3.05) is 6.61 Å². The average molecular weight is 246 g/mol. The quantitative estimate of drug-likeness (QED) is 0.851. The standard InChI is InChI=1S/C14H18N2O2/c1-3-17-13-6-4-12(5-7-13)11(2)16-9-14-8-15-10-18-14/h4-8,10-11,16H,3,9H2,1-2H3. The summed E-state index contributed by atoms with van der Waals surface area (Å²) in [5.74, 6) is 1.75. The molecule has 0 fully saturated rings. The van der Waals surface area contributed by atoms with Gasteiger partial charge in [-0.2, -0.15) is 0 Å². The Hall–Kier alpha value is -1.81. The van der Waals surface area contributed by atoms with Crippen LogP contribution in [0.5, 0.6) is 5.75 Å². The second kappa shape index (κ2) is 6.21. The summed E-state index contributed by atoms with van der Waals surface area (Å²) < 4.78 is 10.6. The van der Waals surface area contributed by atoms with Gasteiger partial charge in [0.05, 0.1) is 19.3 Å². The SMILES string of the molecule is CCOc1ccc(C(C)NCc2cnco2)cc1. The van der Waals surface area contributed by atoms with Gasteiger partial charge in [-0.15, -0.1) is 0 Å². The maximum absolute atomic E-state index is 5.42.